The fourth-order valence-electron chi connectivity index (χ4n) is 4.23. The highest BCUT2D eigenvalue weighted by atomic mass is 35.5. The van der Waals surface area contributed by atoms with Gasteiger partial charge < -0.3 is 15.1 Å². The molecule has 1 fully saturated rings. The first-order valence-electron chi connectivity index (χ1n) is 11.6. The fraction of sp³-hybridized carbons (Fsp3) is 0.286. The number of halogens is 1. The molecular weight excluding hydrogens is 462 g/mol. The third-order valence-electron chi connectivity index (χ3n) is 6.25. The van der Waals surface area contributed by atoms with Gasteiger partial charge in [-0.3, -0.25) is 4.79 Å². The van der Waals surface area contributed by atoms with E-state index in [0.29, 0.717) is 22.7 Å². The molecule has 1 N–H and O–H groups in total. The number of para-hydroxylation sites is 1. The maximum absolute atomic E-state index is 13.1. The first kappa shape index (κ1) is 24.2. The number of hydrogen-bond donors (Lipinski definition) is 1. The number of ketones is 1. The summed E-state index contributed by atoms with van der Waals surface area (Å²) in [6.45, 7) is 8.61. The van der Waals surface area contributed by atoms with Crippen molar-refractivity contribution in [2.75, 3.05) is 42.9 Å². The Morgan fingerprint density at radius 2 is 1.56 bits per heavy atom. The molecule has 0 atom stereocenters. The van der Waals surface area contributed by atoms with E-state index in [9.17, 15) is 4.79 Å². The summed E-state index contributed by atoms with van der Waals surface area (Å²) in [4.78, 5) is 18.8. The third-order valence-corrected chi connectivity index (χ3v) is 7.30. The monoisotopic (exact) mass is 491 g/mol. The van der Waals surface area contributed by atoms with Gasteiger partial charge in [-0.1, -0.05) is 86.2 Å². The average Bonchev–Trinajstić information content (AvgIpc) is 2.88. The molecule has 1 aliphatic rings. The molecule has 176 valence electrons. The van der Waals surface area contributed by atoms with Crippen molar-refractivity contribution in [3.63, 3.8) is 0 Å². The Morgan fingerprint density at radius 1 is 0.941 bits per heavy atom. The highest BCUT2D eigenvalue weighted by Gasteiger charge is 2.30. The van der Waals surface area contributed by atoms with Crippen molar-refractivity contribution in [1.82, 2.24) is 4.90 Å². The second kappa shape index (κ2) is 10.6. The maximum Gasteiger partial charge on any atom is 0.195 e. The minimum absolute atomic E-state index is 0.0528. The molecule has 0 saturated carbocycles. The van der Waals surface area contributed by atoms with E-state index in [1.165, 1.54) is 5.69 Å². The Labute approximate surface area is 212 Å². The maximum atomic E-state index is 13.1. The molecule has 0 bridgehead atoms. The number of nitrogens with one attached hydrogen (secondary N) is 1. The van der Waals surface area contributed by atoms with Crippen LogP contribution in [0.15, 0.2) is 78.9 Å². The zero-order valence-corrected chi connectivity index (χ0v) is 21.2. The van der Waals surface area contributed by atoms with Gasteiger partial charge >= 0.3 is 0 Å². The predicted octanol–water partition coefficient (Wildman–Crippen LogP) is 6.16. The summed E-state index contributed by atoms with van der Waals surface area (Å²) in [5, 5.41) is 4.02. The lowest BCUT2D eigenvalue weighted by molar-refractivity contribution is 0.103. The van der Waals surface area contributed by atoms with Crippen LogP contribution in [0.25, 0.3) is 0 Å². The van der Waals surface area contributed by atoms with Crippen molar-refractivity contribution < 1.29 is 4.79 Å². The van der Waals surface area contributed by atoms with Gasteiger partial charge in [-0.15, -0.1) is 0 Å². The summed E-state index contributed by atoms with van der Waals surface area (Å²) in [5.41, 5.74) is 2.96. The van der Waals surface area contributed by atoms with Crippen molar-refractivity contribution in [2.24, 2.45) is 5.41 Å². The summed E-state index contributed by atoms with van der Waals surface area (Å²) in [6.07, 6.45) is 0. The molecule has 3 aromatic carbocycles. The Kier molecular flexibility index (Phi) is 7.54. The molecule has 0 radical (unpaired) electrons. The van der Waals surface area contributed by atoms with E-state index < -0.39 is 0 Å². The van der Waals surface area contributed by atoms with Crippen molar-refractivity contribution in [2.45, 2.75) is 13.8 Å². The second-order valence-corrected chi connectivity index (χ2v) is 10.1. The minimum atomic E-state index is -0.267. The number of carbonyl (C=O) groups excluding carboxylic acids is 1. The molecule has 0 amide bonds. The Hall–Kier alpha value is -2.89. The largest absolute Gasteiger partial charge is 0.383 e. The lowest BCUT2D eigenvalue weighted by atomic mass is 9.91. The molecule has 3 aromatic rings. The summed E-state index contributed by atoms with van der Waals surface area (Å²) in [6, 6.07) is 25.2. The summed E-state index contributed by atoms with van der Waals surface area (Å²) in [5.74, 6) is -0.0528. The van der Waals surface area contributed by atoms with Gasteiger partial charge in [0.25, 0.3) is 0 Å². The minimum Gasteiger partial charge on any atom is -0.383 e. The molecule has 1 aliphatic heterocycles. The van der Waals surface area contributed by atoms with Gasteiger partial charge in [0.2, 0.25) is 0 Å². The Bertz CT molecular complexity index is 1140. The van der Waals surface area contributed by atoms with Gasteiger partial charge in [-0.25, -0.2) is 0 Å². The van der Waals surface area contributed by atoms with Crippen LogP contribution < -0.4 is 10.2 Å². The van der Waals surface area contributed by atoms with Crippen molar-refractivity contribution >= 4 is 46.0 Å². The third kappa shape index (κ3) is 5.60. The molecule has 1 heterocycles. The lowest BCUT2D eigenvalue weighted by Gasteiger charge is -2.41. The molecule has 0 unspecified atom stereocenters. The molecule has 34 heavy (non-hydrogen) atoms. The van der Waals surface area contributed by atoms with Crippen LogP contribution >= 0.6 is 23.8 Å². The highest BCUT2D eigenvalue weighted by molar-refractivity contribution is 7.80. The smallest absolute Gasteiger partial charge is 0.195 e. The van der Waals surface area contributed by atoms with Crippen LogP contribution in [-0.2, 0) is 0 Å². The number of thiocarbonyl (C=S) groups is 1. The van der Waals surface area contributed by atoms with Crippen molar-refractivity contribution in [1.29, 1.82) is 0 Å². The number of rotatable bonds is 7. The predicted molar refractivity (Wildman–Crippen MR) is 146 cm³/mol. The van der Waals surface area contributed by atoms with Gasteiger partial charge in [0.1, 0.15) is 0 Å². The quantitative estimate of drug-likeness (QED) is 0.316. The molecule has 6 heteroatoms. The van der Waals surface area contributed by atoms with Crippen molar-refractivity contribution in [3.8, 4) is 0 Å². The van der Waals surface area contributed by atoms with Gasteiger partial charge in [0, 0.05) is 65.7 Å². The van der Waals surface area contributed by atoms with Gasteiger partial charge in [-0.05, 0) is 30.3 Å². The standard InChI is InChI=1S/C28H30ClN3OS/c1-28(2,27(34)32-17-15-31(16-18-32)23-11-7-4-8-12-23)20-30-25-14-13-22(29)19-24(25)26(33)21-9-5-3-6-10-21/h3-14,19,30H,15-18,20H2,1-2H3. The van der Waals surface area contributed by atoms with Crippen LogP contribution in [0.3, 0.4) is 0 Å². The topological polar surface area (TPSA) is 35.6 Å². The van der Waals surface area contributed by atoms with Crippen LogP contribution in [0.4, 0.5) is 11.4 Å². The van der Waals surface area contributed by atoms with Gasteiger partial charge in [0.15, 0.2) is 5.78 Å². The number of hydrogen-bond acceptors (Lipinski definition) is 4. The van der Waals surface area contributed by atoms with E-state index in [1.54, 1.807) is 12.1 Å². The summed E-state index contributed by atoms with van der Waals surface area (Å²) >= 11 is 12.2. The number of nitrogens with zero attached hydrogens (tertiary/aromatic N) is 2. The normalized spacial score (nSPS) is 14.1. The van der Waals surface area contributed by atoms with Crippen LogP contribution in [0, 0.1) is 5.41 Å². The Morgan fingerprint density at radius 3 is 2.21 bits per heavy atom. The number of benzene rings is 3. The zero-order valence-electron chi connectivity index (χ0n) is 19.6. The lowest BCUT2D eigenvalue weighted by Crippen LogP contribution is -2.52. The molecule has 4 rings (SSSR count). The molecule has 0 aromatic heterocycles. The van der Waals surface area contributed by atoms with E-state index in [4.69, 9.17) is 23.8 Å². The average molecular weight is 492 g/mol. The Balaban J connectivity index is 1.41. The van der Waals surface area contributed by atoms with Crippen LogP contribution in [-0.4, -0.2) is 48.4 Å². The van der Waals surface area contributed by atoms with Crippen LogP contribution in [0.1, 0.15) is 29.8 Å². The summed E-state index contributed by atoms with van der Waals surface area (Å²) in [7, 11) is 0. The van der Waals surface area contributed by atoms with Gasteiger partial charge in [0.05, 0.1) is 4.99 Å². The van der Waals surface area contributed by atoms with Gasteiger partial charge in [-0.2, -0.15) is 0 Å². The van der Waals surface area contributed by atoms with E-state index in [2.05, 4.69) is 53.2 Å². The molecule has 4 nitrogen and oxygen atoms in total. The zero-order chi connectivity index (χ0) is 24.1. The van der Waals surface area contributed by atoms with E-state index in [-0.39, 0.29) is 11.2 Å². The van der Waals surface area contributed by atoms with E-state index >= 15 is 0 Å². The summed E-state index contributed by atoms with van der Waals surface area (Å²) < 4.78 is 0. The molecule has 0 aliphatic carbocycles. The molecule has 0 spiro atoms. The van der Waals surface area contributed by atoms with E-state index in [0.717, 1.165) is 36.9 Å². The highest BCUT2D eigenvalue weighted by Crippen LogP contribution is 2.28. The number of piperazine rings is 1. The molecule has 1 saturated heterocycles. The van der Waals surface area contributed by atoms with Crippen molar-refractivity contribution in [3.05, 3.63) is 95.0 Å². The number of carbonyl (C=O) groups is 1. The first-order chi connectivity index (χ1) is 16.3. The van der Waals surface area contributed by atoms with E-state index in [1.807, 2.05) is 42.5 Å². The molecular formula is C28H30ClN3OS. The SMILES string of the molecule is CC(C)(CNc1ccc(Cl)cc1C(=O)c1ccccc1)C(=S)N1CCN(c2ccccc2)CC1. The van der Waals surface area contributed by atoms with Crippen LogP contribution in [0.5, 0.6) is 0 Å². The fourth-order valence-corrected chi connectivity index (χ4v) is 4.66. The second-order valence-electron chi connectivity index (χ2n) is 9.24. The van der Waals surface area contributed by atoms with Crippen LogP contribution in [0.2, 0.25) is 5.02 Å². The first-order valence-corrected chi connectivity index (χ1v) is 12.4. The number of anilines is 2.